The van der Waals surface area contributed by atoms with Gasteiger partial charge in [-0.05, 0) is 6.04 Å². The van der Waals surface area contributed by atoms with Crippen LogP contribution < -0.4 is 0 Å². The summed E-state index contributed by atoms with van der Waals surface area (Å²) in [5.74, 6) is -2.05. The maximum Gasteiger partial charge on any atom is 0.420 e. The van der Waals surface area contributed by atoms with Gasteiger partial charge >= 0.3 is 11.9 Å². The number of carbonyl (C=O) groups excluding carboxylic acids is 2. The number of aliphatic hydroxyl groups excluding tert-OH is 1. The standard InChI is InChI=1S/C8H14O5Si/c1-14(2,3)4-5(9)8-12-6(10)7(11)13-8/h5,8-9H,4H2,1-3H3. The van der Waals surface area contributed by atoms with Crippen molar-refractivity contribution >= 4 is 20.0 Å². The molecule has 1 aliphatic rings. The molecule has 0 aliphatic carbocycles. The van der Waals surface area contributed by atoms with E-state index in [9.17, 15) is 14.7 Å². The molecule has 1 atom stereocenters. The zero-order valence-electron chi connectivity index (χ0n) is 8.44. The lowest BCUT2D eigenvalue weighted by Gasteiger charge is -2.22. The van der Waals surface area contributed by atoms with Crippen LogP contribution in [-0.2, 0) is 19.1 Å². The molecule has 1 rings (SSSR count). The third kappa shape index (κ3) is 2.81. The molecule has 0 amide bonds. The number of esters is 2. The van der Waals surface area contributed by atoms with Crippen molar-refractivity contribution in [1.29, 1.82) is 0 Å². The summed E-state index contributed by atoms with van der Waals surface area (Å²) in [4.78, 5) is 21.3. The van der Waals surface area contributed by atoms with Crippen molar-refractivity contribution in [3.05, 3.63) is 0 Å². The number of aliphatic hydroxyl groups is 1. The van der Waals surface area contributed by atoms with Crippen LogP contribution in [0.5, 0.6) is 0 Å². The van der Waals surface area contributed by atoms with E-state index in [1.165, 1.54) is 0 Å². The summed E-state index contributed by atoms with van der Waals surface area (Å²) in [7, 11) is -1.46. The number of ether oxygens (including phenoxy) is 2. The van der Waals surface area contributed by atoms with E-state index in [0.717, 1.165) is 0 Å². The number of carbonyl (C=O) groups is 2. The Morgan fingerprint density at radius 2 is 1.71 bits per heavy atom. The first-order valence-electron chi connectivity index (χ1n) is 4.39. The lowest BCUT2D eigenvalue weighted by atomic mass is 10.4. The quantitative estimate of drug-likeness (QED) is 0.413. The average molecular weight is 218 g/mol. The smallest absolute Gasteiger partial charge is 0.414 e. The predicted octanol–water partition coefficient (Wildman–Crippen LogP) is 0.112. The molecule has 0 radical (unpaired) electrons. The van der Waals surface area contributed by atoms with Crippen LogP contribution in [0, 0.1) is 0 Å². The summed E-state index contributed by atoms with van der Waals surface area (Å²) >= 11 is 0. The Morgan fingerprint density at radius 1 is 1.29 bits per heavy atom. The van der Waals surface area contributed by atoms with E-state index in [1.807, 2.05) is 0 Å². The Balaban J connectivity index is 2.51. The second kappa shape index (κ2) is 3.70. The molecular formula is C8H14O5Si. The maximum atomic E-state index is 10.7. The van der Waals surface area contributed by atoms with E-state index in [2.05, 4.69) is 29.1 Å². The van der Waals surface area contributed by atoms with Crippen LogP contribution in [-0.4, -0.2) is 37.5 Å². The fraction of sp³-hybridized carbons (Fsp3) is 0.750. The summed E-state index contributed by atoms with van der Waals surface area (Å²) in [6.07, 6.45) is -2.02. The van der Waals surface area contributed by atoms with E-state index in [4.69, 9.17) is 0 Å². The first kappa shape index (κ1) is 11.2. The minimum absolute atomic E-state index is 0.526. The molecule has 80 valence electrons. The summed E-state index contributed by atoms with van der Waals surface area (Å²) in [6, 6.07) is 0.526. The van der Waals surface area contributed by atoms with Gasteiger partial charge in [-0.15, -0.1) is 0 Å². The van der Waals surface area contributed by atoms with Crippen LogP contribution >= 0.6 is 0 Å². The van der Waals surface area contributed by atoms with E-state index >= 15 is 0 Å². The second-order valence-electron chi connectivity index (χ2n) is 4.51. The van der Waals surface area contributed by atoms with Crippen LogP contribution in [0.2, 0.25) is 25.7 Å². The average Bonchev–Trinajstić information content (AvgIpc) is 2.28. The van der Waals surface area contributed by atoms with Crippen LogP contribution in [0.3, 0.4) is 0 Å². The molecule has 0 aromatic carbocycles. The predicted molar refractivity (Wildman–Crippen MR) is 50.1 cm³/mol. The molecule has 1 N–H and O–H groups in total. The Bertz CT molecular complexity index is 241. The number of hydrogen-bond acceptors (Lipinski definition) is 5. The topological polar surface area (TPSA) is 72.8 Å². The molecule has 0 saturated carbocycles. The molecule has 6 heteroatoms. The second-order valence-corrected chi connectivity index (χ2v) is 10.0. The van der Waals surface area contributed by atoms with Gasteiger partial charge in [-0.3, -0.25) is 0 Å². The van der Waals surface area contributed by atoms with Crippen LogP contribution in [0.1, 0.15) is 0 Å². The van der Waals surface area contributed by atoms with Crippen LogP contribution in [0.15, 0.2) is 0 Å². The van der Waals surface area contributed by atoms with Gasteiger partial charge in [-0.1, -0.05) is 19.6 Å². The van der Waals surface area contributed by atoms with Gasteiger partial charge in [0, 0.05) is 8.07 Å². The Kier molecular flexibility index (Phi) is 2.96. The molecule has 1 saturated heterocycles. The van der Waals surface area contributed by atoms with Crippen molar-refractivity contribution < 1.29 is 24.2 Å². The lowest BCUT2D eigenvalue weighted by molar-refractivity contribution is -0.155. The SMILES string of the molecule is C[Si](C)(C)CC(O)C1OC(=O)C(=O)O1. The highest BCUT2D eigenvalue weighted by Crippen LogP contribution is 2.19. The number of hydrogen-bond donors (Lipinski definition) is 1. The summed E-state index contributed by atoms with van der Waals surface area (Å²) < 4.78 is 9.09. The van der Waals surface area contributed by atoms with E-state index in [1.54, 1.807) is 0 Å². The van der Waals surface area contributed by atoms with E-state index < -0.39 is 32.4 Å². The van der Waals surface area contributed by atoms with Gasteiger partial charge in [0.15, 0.2) is 0 Å². The zero-order valence-corrected chi connectivity index (χ0v) is 9.44. The molecule has 0 bridgehead atoms. The van der Waals surface area contributed by atoms with Crippen LogP contribution in [0.25, 0.3) is 0 Å². The highest BCUT2D eigenvalue weighted by Gasteiger charge is 2.40. The lowest BCUT2D eigenvalue weighted by Crippen LogP contribution is -2.35. The zero-order chi connectivity index (χ0) is 10.9. The molecule has 1 heterocycles. The van der Waals surface area contributed by atoms with Crippen molar-refractivity contribution in [1.82, 2.24) is 0 Å². The third-order valence-electron chi connectivity index (χ3n) is 1.75. The highest BCUT2D eigenvalue weighted by atomic mass is 28.3. The Morgan fingerprint density at radius 3 is 2.07 bits per heavy atom. The first-order valence-corrected chi connectivity index (χ1v) is 8.10. The Labute approximate surface area is 83.0 Å². The summed E-state index contributed by atoms with van der Waals surface area (Å²) in [6.45, 7) is 6.19. The molecule has 14 heavy (non-hydrogen) atoms. The highest BCUT2D eigenvalue weighted by molar-refractivity contribution is 6.76. The fourth-order valence-electron chi connectivity index (χ4n) is 1.21. The van der Waals surface area contributed by atoms with Gasteiger partial charge in [0.25, 0.3) is 6.29 Å². The van der Waals surface area contributed by atoms with Crippen molar-refractivity contribution in [3.8, 4) is 0 Å². The summed E-state index contributed by atoms with van der Waals surface area (Å²) in [5, 5.41) is 9.60. The van der Waals surface area contributed by atoms with Crippen molar-refractivity contribution in [2.75, 3.05) is 0 Å². The van der Waals surface area contributed by atoms with E-state index in [-0.39, 0.29) is 0 Å². The molecule has 0 aromatic rings. The minimum atomic E-state index is -1.46. The number of rotatable bonds is 3. The van der Waals surface area contributed by atoms with Gasteiger partial charge in [-0.25, -0.2) is 9.59 Å². The molecule has 0 spiro atoms. The van der Waals surface area contributed by atoms with Gasteiger partial charge in [0.2, 0.25) is 0 Å². The van der Waals surface area contributed by atoms with E-state index in [0.29, 0.717) is 6.04 Å². The first-order chi connectivity index (χ1) is 6.29. The van der Waals surface area contributed by atoms with Crippen LogP contribution in [0.4, 0.5) is 0 Å². The fourth-order valence-corrected chi connectivity index (χ4v) is 2.66. The normalized spacial score (nSPS) is 20.6. The number of cyclic esters (lactones) is 2. The minimum Gasteiger partial charge on any atom is -0.414 e. The summed E-state index contributed by atoms with van der Waals surface area (Å²) in [5.41, 5.74) is 0. The molecule has 5 nitrogen and oxygen atoms in total. The van der Waals surface area contributed by atoms with Crippen molar-refractivity contribution in [2.45, 2.75) is 38.1 Å². The Hall–Kier alpha value is -0.883. The molecular weight excluding hydrogens is 204 g/mol. The molecule has 0 aromatic heterocycles. The maximum absolute atomic E-state index is 10.7. The molecule has 1 fully saturated rings. The van der Waals surface area contributed by atoms with Crippen molar-refractivity contribution in [3.63, 3.8) is 0 Å². The van der Waals surface area contributed by atoms with Crippen molar-refractivity contribution in [2.24, 2.45) is 0 Å². The molecule has 1 unspecified atom stereocenters. The largest absolute Gasteiger partial charge is 0.420 e. The van der Waals surface area contributed by atoms with Gasteiger partial charge < -0.3 is 14.6 Å². The van der Waals surface area contributed by atoms with Gasteiger partial charge in [-0.2, -0.15) is 0 Å². The monoisotopic (exact) mass is 218 g/mol. The van der Waals surface area contributed by atoms with Gasteiger partial charge in [0.05, 0.1) is 0 Å². The third-order valence-corrected chi connectivity index (χ3v) is 3.39. The van der Waals surface area contributed by atoms with Gasteiger partial charge in [0.1, 0.15) is 6.10 Å². The molecule has 1 aliphatic heterocycles.